The van der Waals surface area contributed by atoms with E-state index < -0.39 is 0 Å². The summed E-state index contributed by atoms with van der Waals surface area (Å²) in [5, 5.41) is 1.21. The fraction of sp³-hybridized carbons (Fsp3) is 1.00. The molecule has 0 bridgehead atoms. The lowest BCUT2D eigenvalue weighted by Crippen LogP contribution is -2.43. The molecule has 1 nitrogen and oxygen atoms in total. The quantitative estimate of drug-likeness (QED) is 0.686. The van der Waals surface area contributed by atoms with Gasteiger partial charge in [0.2, 0.25) is 0 Å². The van der Waals surface area contributed by atoms with Gasteiger partial charge in [0, 0.05) is 17.9 Å². The fourth-order valence-corrected chi connectivity index (χ4v) is 4.55. The van der Waals surface area contributed by atoms with E-state index in [0.29, 0.717) is 5.41 Å². The zero-order chi connectivity index (χ0) is 12.1. The molecule has 0 spiro atoms. The Hall–Kier alpha value is 0.440. The summed E-state index contributed by atoms with van der Waals surface area (Å²) in [6.45, 7) is 1.32. The van der Waals surface area contributed by atoms with Gasteiger partial charge in [-0.3, -0.25) is 0 Å². The van der Waals surface area contributed by atoms with E-state index in [-0.39, 0.29) is 0 Å². The third kappa shape index (κ3) is 3.70. The van der Waals surface area contributed by atoms with Crippen molar-refractivity contribution in [1.82, 2.24) is 4.90 Å². The predicted molar refractivity (Wildman–Crippen MR) is 78.8 cm³/mol. The van der Waals surface area contributed by atoms with Crippen molar-refractivity contribution in [2.75, 3.05) is 18.9 Å². The van der Waals surface area contributed by atoms with Crippen LogP contribution in [0.5, 0.6) is 0 Å². The number of rotatable bonds is 4. The van der Waals surface area contributed by atoms with Gasteiger partial charge < -0.3 is 4.90 Å². The first-order valence-corrected chi connectivity index (χ1v) is 8.64. The molecule has 2 aliphatic rings. The molecule has 0 saturated heterocycles. The van der Waals surface area contributed by atoms with Gasteiger partial charge in [0.05, 0.1) is 0 Å². The second-order valence-electron chi connectivity index (χ2n) is 6.40. The maximum atomic E-state index is 3.79. The molecule has 2 fully saturated rings. The van der Waals surface area contributed by atoms with Crippen molar-refractivity contribution in [1.29, 1.82) is 0 Å². The first-order chi connectivity index (χ1) is 8.26. The lowest BCUT2D eigenvalue weighted by atomic mass is 9.75. The Bertz CT molecular complexity index is 217. The predicted octanol–water partition coefficient (Wildman–Crippen LogP) is 4.60. The topological polar surface area (TPSA) is 3.24 Å². The van der Waals surface area contributed by atoms with Crippen LogP contribution in [-0.4, -0.2) is 29.9 Å². The van der Waals surface area contributed by atoms with Crippen molar-refractivity contribution in [3.63, 3.8) is 0 Å². The van der Waals surface area contributed by atoms with E-state index in [2.05, 4.69) is 27.9 Å². The Morgan fingerprint density at radius 1 is 1.00 bits per heavy atom. The maximum absolute atomic E-state index is 3.79. The molecule has 0 N–H and O–H groups in total. The molecule has 0 aromatic rings. The minimum absolute atomic E-state index is 0.588. The minimum Gasteiger partial charge on any atom is -0.303 e. The molecule has 2 saturated carbocycles. The monoisotopic (exact) mass is 301 g/mol. The number of halogens is 1. The molecular weight excluding hydrogens is 274 g/mol. The molecular formula is C15H28BrN. The smallest absolute Gasteiger partial charge is 0.0100 e. The number of hydrogen-bond donors (Lipinski definition) is 0. The van der Waals surface area contributed by atoms with Gasteiger partial charge in [-0.2, -0.15) is 0 Å². The van der Waals surface area contributed by atoms with Crippen LogP contribution in [0.25, 0.3) is 0 Å². The average Bonchev–Trinajstić information content (AvgIpc) is 2.41. The summed E-state index contributed by atoms with van der Waals surface area (Å²) in [7, 11) is 2.37. The summed E-state index contributed by atoms with van der Waals surface area (Å²) < 4.78 is 0. The molecule has 0 radical (unpaired) electrons. The lowest BCUT2D eigenvalue weighted by molar-refractivity contribution is 0.0983. The van der Waals surface area contributed by atoms with Gasteiger partial charge in [-0.15, -0.1) is 0 Å². The Morgan fingerprint density at radius 3 is 2.18 bits per heavy atom. The summed E-state index contributed by atoms with van der Waals surface area (Å²) in [6, 6.07) is 0.876. The van der Waals surface area contributed by atoms with Gasteiger partial charge in [0.1, 0.15) is 0 Å². The molecule has 17 heavy (non-hydrogen) atoms. The van der Waals surface area contributed by atoms with Gasteiger partial charge >= 0.3 is 0 Å². The van der Waals surface area contributed by atoms with Crippen LogP contribution >= 0.6 is 15.9 Å². The fourth-order valence-electron chi connectivity index (χ4n) is 3.82. The Balaban J connectivity index is 1.88. The molecule has 2 heteroatoms. The van der Waals surface area contributed by atoms with Gasteiger partial charge in [0.15, 0.2) is 0 Å². The van der Waals surface area contributed by atoms with Crippen LogP contribution in [0.4, 0.5) is 0 Å². The average molecular weight is 302 g/mol. The van der Waals surface area contributed by atoms with Crippen molar-refractivity contribution in [2.24, 2.45) is 5.41 Å². The zero-order valence-corrected chi connectivity index (χ0v) is 13.0. The number of alkyl halides is 1. The van der Waals surface area contributed by atoms with Gasteiger partial charge in [-0.25, -0.2) is 0 Å². The van der Waals surface area contributed by atoms with Crippen molar-refractivity contribution in [3.05, 3.63) is 0 Å². The van der Waals surface area contributed by atoms with Crippen LogP contribution in [0.2, 0.25) is 0 Å². The van der Waals surface area contributed by atoms with Crippen molar-refractivity contribution >= 4 is 15.9 Å². The minimum atomic E-state index is 0.588. The highest BCUT2D eigenvalue weighted by Gasteiger charge is 2.33. The van der Waals surface area contributed by atoms with Gasteiger partial charge in [-0.05, 0) is 38.1 Å². The van der Waals surface area contributed by atoms with Crippen LogP contribution in [0, 0.1) is 5.41 Å². The summed E-state index contributed by atoms with van der Waals surface area (Å²) >= 11 is 3.79. The van der Waals surface area contributed by atoms with Crippen LogP contribution in [-0.2, 0) is 0 Å². The first kappa shape index (κ1) is 13.9. The van der Waals surface area contributed by atoms with Crippen molar-refractivity contribution in [2.45, 2.75) is 70.3 Å². The van der Waals surface area contributed by atoms with Crippen LogP contribution < -0.4 is 0 Å². The lowest BCUT2D eigenvalue weighted by Gasteiger charge is -2.42. The summed E-state index contributed by atoms with van der Waals surface area (Å²) in [6.07, 6.45) is 14.5. The standard InChI is InChI=1S/C15H28BrN/c1-17(14-8-4-2-5-9-14)13-15(12-16)10-6-3-7-11-15/h14H,2-13H2,1H3. The SMILES string of the molecule is CN(CC1(CBr)CCCCC1)C1CCCCC1. The summed E-state index contributed by atoms with van der Waals surface area (Å²) in [5.41, 5.74) is 0.588. The Kier molecular flexibility index (Phi) is 5.35. The van der Waals surface area contributed by atoms with Gasteiger partial charge in [0.25, 0.3) is 0 Å². The molecule has 0 aromatic heterocycles. The highest BCUT2D eigenvalue weighted by atomic mass is 79.9. The van der Waals surface area contributed by atoms with Crippen LogP contribution in [0.15, 0.2) is 0 Å². The van der Waals surface area contributed by atoms with E-state index >= 15 is 0 Å². The summed E-state index contributed by atoms with van der Waals surface area (Å²) in [5.74, 6) is 0. The van der Waals surface area contributed by atoms with E-state index in [1.165, 1.54) is 76.1 Å². The molecule has 2 rings (SSSR count). The van der Waals surface area contributed by atoms with Gasteiger partial charge in [-0.1, -0.05) is 54.5 Å². The van der Waals surface area contributed by atoms with Crippen molar-refractivity contribution in [3.8, 4) is 0 Å². The highest BCUT2D eigenvalue weighted by molar-refractivity contribution is 9.09. The highest BCUT2D eigenvalue weighted by Crippen LogP contribution is 2.39. The van der Waals surface area contributed by atoms with E-state index in [1.54, 1.807) is 0 Å². The van der Waals surface area contributed by atoms with Crippen LogP contribution in [0.1, 0.15) is 64.2 Å². The number of hydrogen-bond acceptors (Lipinski definition) is 1. The Labute approximate surface area is 115 Å². The molecule has 0 aromatic carbocycles. The molecule has 0 unspecified atom stereocenters. The van der Waals surface area contributed by atoms with Crippen LogP contribution in [0.3, 0.4) is 0 Å². The molecule has 100 valence electrons. The molecule has 0 atom stereocenters. The second-order valence-corrected chi connectivity index (χ2v) is 6.96. The maximum Gasteiger partial charge on any atom is 0.0100 e. The first-order valence-electron chi connectivity index (χ1n) is 7.52. The third-order valence-corrected chi connectivity index (χ3v) is 6.17. The molecule has 0 amide bonds. The third-order valence-electron chi connectivity index (χ3n) is 4.98. The molecule has 2 aliphatic carbocycles. The van der Waals surface area contributed by atoms with E-state index in [0.717, 1.165) is 6.04 Å². The van der Waals surface area contributed by atoms with Crippen molar-refractivity contribution < 1.29 is 0 Å². The summed E-state index contributed by atoms with van der Waals surface area (Å²) in [4.78, 5) is 2.69. The van der Waals surface area contributed by atoms with E-state index in [9.17, 15) is 0 Å². The number of nitrogens with zero attached hydrogens (tertiary/aromatic N) is 1. The molecule has 0 heterocycles. The molecule has 0 aliphatic heterocycles. The van der Waals surface area contributed by atoms with E-state index in [4.69, 9.17) is 0 Å². The van der Waals surface area contributed by atoms with E-state index in [1.807, 2.05) is 0 Å². The zero-order valence-electron chi connectivity index (χ0n) is 11.4. The second kappa shape index (κ2) is 6.56. The normalized spacial score (nSPS) is 26.3. The Morgan fingerprint density at radius 2 is 1.59 bits per heavy atom. The largest absolute Gasteiger partial charge is 0.303 e.